The number of aromatic nitrogens is 1. The van der Waals surface area contributed by atoms with Crippen molar-refractivity contribution in [2.45, 2.75) is 31.8 Å². The number of methoxy groups -OCH3 is 1. The minimum atomic E-state index is -0.725. The number of hydrogen-bond donors (Lipinski definition) is 1. The molecule has 6 nitrogen and oxygen atoms in total. The fourth-order valence-electron chi connectivity index (χ4n) is 2.56. The largest absolute Gasteiger partial charge is 0.445 e. The lowest BCUT2D eigenvalue weighted by Gasteiger charge is -2.34. The van der Waals surface area contributed by atoms with E-state index < -0.39 is 5.54 Å². The van der Waals surface area contributed by atoms with Gasteiger partial charge in [0.1, 0.15) is 11.3 Å². The Labute approximate surface area is 106 Å². The molecule has 1 aromatic heterocycles. The van der Waals surface area contributed by atoms with Crippen LogP contribution in [0.2, 0.25) is 0 Å². The van der Waals surface area contributed by atoms with E-state index in [0.717, 1.165) is 25.1 Å². The van der Waals surface area contributed by atoms with E-state index in [2.05, 4.69) is 4.98 Å². The first-order valence-corrected chi connectivity index (χ1v) is 6.04. The first-order valence-electron chi connectivity index (χ1n) is 6.04. The molecule has 1 unspecified atom stereocenters. The summed E-state index contributed by atoms with van der Waals surface area (Å²) >= 11 is 0. The topological polar surface area (TPSA) is 81.6 Å². The highest BCUT2D eigenvalue weighted by molar-refractivity contribution is 5.85. The van der Waals surface area contributed by atoms with E-state index in [0.29, 0.717) is 19.0 Å². The van der Waals surface area contributed by atoms with E-state index in [1.54, 1.807) is 13.3 Å². The van der Waals surface area contributed by atoms with Gasteiger partial charge in [-0.25, -0.2) is 4.98 Å². The molecule has 2 rings (SSSR count). The molecule has 1 atom stereocenters. The van der Waals surface area contributed by atoms with Gasteiger partial charge in [0.15, 0.2) is 0 Å². The molecule has 1 fully saturated rings. The highest BCUT2D eigenvalue weighted by Gasteiger charge is 2.46. The number of hydrogen-bond acceptors (Lipinski definition) is 5. The quantitative estimate of drug-likeness (QED) is 0.824. The SMILES string of the molecule is COCC1(C(N)=O)CCCN1Cc1ncc(C)o1. The predicted molar refractivity (Wildman–Crippen MR) is 64.7 cm³/mol. The summed E-state index contributed by atoms with van der Waals surface area (Å²) in [6.07, 6.45) is 3.32. The van der Waals surface area contributed by atoms with Gasteiger partial charge in [-0.15, -0.1) is 0 Å². The molecule has 6 heteroatoms. The van der Waals surface area contributed by atoms with Crippen molar-refractivity contribution in [1.29, 1.82) is 0 Å². The molecule has 1 saturated heterocycles. The number of nitrogens with zero attached hydrogens (tertiary/aromatic N) is 2. The highest BCUT2D eigenvalue weighted by Crippen LogP contribution is 2.31. The maximum atomic E-state index is 11.8. The molecule has 1 aliphatic rings. The molecule has 0 bridgehead atoms. The standard InChI is InChI=1S/C12H19N3O3/c1-9-6-14-10(18-9)7-15-5-3-4-12(15,8-17-2)11(13)16/h6H,3-5,7-8H2,1-2H3,(H2,13,16). The third-order valence-corrected chi connectivity index (χ3v) is 3.46. The summed E-state index contributed by atoms with van der Waals surface area (Å²) < 4.78 is 10.6. The van der Waals surface area contributed by atoms with Gasteiger partial charge in [-0.2, -0.15) is 0 Å². The van der Waals surface area contributed by atoms with Crippen molar-refractivity contribution >= 4 is 5.91 Å². The zero-order valence-corrected chi connectivity index (χ0v) is 10.8. The molecule has 1 amide bonds. The summed E-state index contributed by atoms with van der Waals surface area (Å²) in [4.78, 5) is 17.9. The van der Waals surface area contributed by atoms with E-state index in [4.69, 9.17) is 14.9 Å². The van der Waals surface area contributed by atoms with Gasteiger partial charge in [-0.1, -0.05) is 0 Å². The van der Waals surface area contributed by atoms with Crippen molar-refractivity contribution in [3.8, 4) is 0 Å². The summed E-state index contributed by atoms with van der Waals surface area (Å²) in [5, 5.41) is 0. The van der Waals surface area contributed by atoms with Crippen molar-refractivity contribution in [2.24, 2.45) is 5.73 Å². The molecule has 0 spiro atoms. The number of aryl methyl sites for hydroxylation is 1. The number of nitrogens with two attached hydrogens (primary N) is 1. The molecule has 1 aromatic rings. The van der Waals surface area contributed by atoms with Gasteiger partial charge in [0.25, 0.3) is 0 Å². The number of likely N-dealkylation sites (tertiary alicyclic amines) is 1. The lowest BCUT2D eigenvalue weighted by Crippen LogP contribution is -2.56. The molecule has 2 N–H and O–H groups in total. The van der Waals surface area contributed by atoms with Crippen LogP contribution in [0.25, 0.3) is 0 Å². The number of carbonyl (C=O) groups is 1. The van der Waals surface area contributed by atoms with E-state index in [1.165, 1.54) is 0 Å². The van der Waals surface area contributed by atoms with Crippen LogP contribution in [0.1, 0.15) is 24.5 Å². The van der Waals surface area contributed by atoms with Crippen LogP contribution < -0.4 is 5.73 Å². The zero-order chi connectivity index (χ0) is 13.2. The van der Waals surface area contributed by atoms with E-state index in [-0.39, 0.29) is 5.91 Å². The third-order valence-electron chi connectivity index (χ3n) is 3.46. The minimum Gasteiger partial charge on any atom is -0.445 e. The van der Waals surface area contributed by atoms with Crippen LogP contribution in [0.15, 0.2) is 10.6 Å². The zero-order valence-electron chi connectivity index (χ0n) is 10.8. The van der Waals surface area contributed by atoms with Crippen LogP contribution in [0.4, 0.5) is 0 Å². The molecule has 2 heterocycles. The maximum absolute atomic E-state index is 11.8. The molecular weight excluding hydrogens is 234 g/mol. The number of rotatable bonds is 5. The molecule has 0 saturated carbocycles. The Bertz CT molecular complexity index is 432. The Morgan fingerprint density at radius 3 is 3.06 bits per heavy atom. The average Bonchev–Trinajstić information content (AvgIpc) is 2.88. The third kappa shape index (κ3) is 2.26. The van der Waals surface area contributed by atoms with Gasteiger partial charge in [0.05, 0.1) is 19.3 Å². The summed E-state index contributed by atoms with van der Waals surface area (Å²) in [6.45, 7) is 3.44. The Balaban J connectivity index is 2.17. The number of carbonyl (C=O) groups excluding carboxylic acids is 1. The second kappa shape index (κ2) is 5.07. The molecule has 100 valence electrons. The van der Waals surface area contributed by atoms with Crippen molar-refractivity contribution in [2.75, 3.05) is 20.3 Å². The summed E-state index contributed by atoms with van der Waals surface area (Å²) in [7, 11) is 1.58. The molecule has 1 aliphatic heterocycles. The summed E-state index contributed by atoms with van der Waals surface area (Å²) in [5.74, 6) is 1.03. The Morgan fingerprint density at radius 2 is 2.50 bits per heavy atom. The van der Waals surface area contributed by atoms with Gasteiger partial charge in [0, 0.05) is 7.11 Å². The first kappa shape index (κ1) is 13.0. The fraction of sp³-hybridized carbons (Fsp3) is 0.667. The Morgan fingerprint density at radius 1 is 1.72 bits per heavy atom. The van der Waals surface area contributed by atoms with Crippen LogP contribution in [0, 0.1) is 6.92 Å². The van der Waals surface area contributed by atoms with Crippen molar-refractivity contribution in [3.63, 3.8) is 0 Å². The summed E-state index contributed by atoms with van der Waals surface area (Å²) in [6, 6.07) is 0. The van der Waals surface area contributed by atoms with Gasteiger partial charge in [0.2, 0.25) is 11.8 Å². The molecule has 0 aromatic carbocycles. The average molecular weight is 253 g/mol. The highest BCUT2D eigenvalue weighted by atomic mass is 16.5. The van der Waals surface area contributed by atoms with Crippen LogP contribution in [0.3, 0.4) is 0 Å². The van der Waals surface area contributed by atoms with Crippen LogP contribution in [0.5, 0.6) is 0 Å². The van der Waals surface area contributed by atoms with Crippen molar-refractivity contribution < 1.29 is 13.9 Å². The lowest BCUT2D eigenvalue weighted by molar-refractivity contribution is -0.132. The number of primary amides is 1. The van der Waals surface area contributed by atoms with E-state index in [1.807, 2.05) is 11.8 Å². The summed E-state index contributed by atoms with van der Waals surface area (Å²) in [5.41, 5.74) is 4.83. The monoisotopic (exact) mass is 253 g/mol. The van der Waals surface area contributed by atoms with Gasteiger partial charge in [-0.05, 0) is 26.3 Å². The van der Waals surface area contributed by atoms with Crippen LogP contribution >= 0.6 is 0 Å². The van der Waals surface area contributed by atoms with Crippen molar-refractivity contribution in [1.82, 2.24) is 9.88 Å². The van der Waals surface area contributed by atoms with Gasteiger partial charge >= 0.3 is 0 Å². The van der Waals surface area contributed by atoms with E-state index >= 15 is 0 Å². The lowest BCUT2D eigenvalue weighted by atomic mass is 9.96. The normalized spacial score (nSPS) is 24.6. The van der Waals surface area contributed by atoms with E-state index in [9.17, 15) is 4.79 Å². The van der Waals surface area contributed by atoms with Crippen LogP contribution in [-0.2, 0) is 16.1 Å². The van der Waals surface area contributed by atoms with Gasteiger partial charge < -0.3 is 14.9 Å². The Hall–Kier alpha value is -1.40. The predicted octanol–water partition coefficient (Wildman–Crippen LogP) is 0.449. The number of ether oxygens (including phenoxy) is 1. The minimum absolute atomic E-state index is 0.308. The molecule has 0 radical (unpaired) electrons. The number of amides is 1. The molecule has 18 heavy (non-hydrogen) atoms. The molecule has 0 aliphatic carbocycles. The Kier molecular flexibility index (Phi) is 3.68. The second-order valence-electron chi connectivity index (χ2n) is 4.72. The van der Waals surface area contributed by atoms with Gasteiger partial charge in [-0.3, -0.25) is 9.69 Å². The number of oxazole rings is 1. The molecular formula is C12H19N3O3. The first-order chi connectivity index (χ1) is 8.58. The second-order valence-corrected chi connectivity index (χ2v) is 4.72. The smallest absolute Gasteiger partial charge is 0.240 e. The van der Waals surface area contributed by atoms with Crippen LogP contribution in [-0.4, -0.2) is 41.6 Å². The fourth-order valence-corrected chi connectivity index (χ4v) is 2.56. The maximum Gasteiger partial charge on any atom is 0.240 e. The van der Waals surface area contributed by atoms with Crippen molar-refractivity contribution in [3.05, 3.63) is 17.8 Å².